The average Bonchev–Trinajstić information content (AvgIpc) is 3.30. The zero-order valence-electron chi connectivity index (χ0n) is 15.7. The minimum Gasteiger partial charge on any atom is -0.493 e. The van der Waals surface area contributed by atoms with Gasteiger partial charge in [-0.25, -0.2) is 4.79 Å². The Bertz CT molecular complexity index is 976. The highest BCUT2D eigenvalue weighted by molar-refractivity contribution is 6.10. The van der Waals surface area contributed by atoms with Gasteiger partial charge in [-0.05, 0) is 30.3 Å². The smallest absolute Gasteiger partial charge is 0.440 e. The number of methoxy groups -OCH3 is 2. The van der Waals surface area contributed by atoms with Crippen molar-refractivity contribution in [2.75, 3.05) is 14.2 Å². The highest BCUT2D eigenvalue weighted by atomic mass is 19.4. The molecule has 0 saturated carbocycles. The lowest BCUT2D eigenvalue weighted by Crippen LogP contribution is -2.69. The molecule has 0 bridgehead atoms. The Balaban J connectivity index is 1.92. The van der Waals surface area contributed by atoms with Gasteiger partial charge in [0, 0.05) is 5.56 Å². The number of hydrogen-bond donors (Lipinski definition) is 2. The zero-order valence-corrected chi connectivity index (χ0v) is 15.7. The molecule has 9 nitrogen and oxygen atoms in total. The number of benzene rings is 1. The van der Waals surface area contributed by atoms with Gasteiger partial charge in [-0.15, -0.1) is 0 Å². The number of amides is 4. The molecule has 1 aromatic carbocycles. The van der Waals surface area contributed by atoms with Crippen molar-refractivity contribution in [1.29, 1.82) is 0 Å². The number of halogens is 3. The first-order chi connectivity index (χ1) is 14.1. The molecule has 1 unspecified atom stereocenters. The van der Waals surface area contributed by atoms with E-state index in [1.807, 2.05) is 0 Å². The van der Waals surface area contributed by atoms with Crippen LogP contribution in [0.15, 0.2) is 41.0 Å². The molecule has 3 rings (SSSR count). The number of carbonyl (C=O) groups is 3. The van der Waals surface area contributed by atoms with Gasteiger partial charge >= 0.3 is 12.2 Å². The van der Waals surface area contributed by atoms with Gasteiger partial charge in [0.2, 0.25) is 0 Å². The van der Waals surface area contributed by atoms with E-state index in [0.717, 1.165) is 6.07 Å². The summed E-state index contributed by atoms with van der Waals surface area (Å²) in [5.41, 5.74) is -3.89. The number of urea groups is 1. The number of nitrogens with zero attached hydrogens (tertiary/aromatic N) is 1. The fourth-order valence-corrected chi connectivity index (χ4v) is 2.85. The number of nitrogens with one attached hydrogen (secondary N) is 2. The molecule has 2 aromatic rings. The topological polar surface area (TPSA) is 110 Å². The summed E-state index contributed by atoms with van der Waals surface area (Å²) in [6.45, 7) is -0.540. The van der Waals surface area contributed by atoms with E-state index in [4.69, 9.17) is 13.9 Å². The fraction of sp³-hybridized carbons (Fsp3) is 0.278. The summed E-state index contributed by atoms with van der Waals surface area (Å²) in [6, 6.07) is 5.14. The summed E-state index contributed by atoms with van der Waals surface area (Å²) >= 11 is 0. The van der Waals surface area contributed by atoms with Crippen LogP contribution in [0.3, 0.4) is 0 Å². The van der Waals surface area contributed by atoms with Crippen LogP contribution in [-0.2, 0) is 11.3 Å². The maximum Gasteiger partial charge on any atom is 0.440 e. The first-order valence-electron chi connectivity index (χ1n) is 8.40. The Kier molecular flexibility index (Phi) is 5.33. The predicted octanol–water partition coefficient (Wildman–Crippen LogP) is 2.04. The molecule has 1 aromatic heterocycles. The molecule has 160 valence electrons. The molecule has 1 fully saturated rings. The van der Waals surface area contributed by atoms with Crippen LogP contribution in [-0.4, -0.2) is 48.8 Å². The van der Waals surface area contributed by atoms with Gasteiger partial charge < -0.3 is 19.2 Å². The SMILES string of the molecule is COc1ccc(C(=O)NC2(C(F)(F)F)NC(=O)N(Cc3ccco3)C2=O)cc1OC. The molecule has 0 radical (unpaired) electrons. The first kappa shape index (κ1) is 21.0. The Morgan fingerprint density at radius 3 is 2.47 bits per heavy atom. The van der Waals surface area contributed by atoms with E-state index in [1.165, 1.54) is 44.7 Å². The lowest BCUT2D eigenvalue weighted by molar-refractivity contribution is -0.200. The van der Waals surface area contributed by atoms with E-state index in [2.05, 4.69) is 0 Å². The van der Waals surface area contributed by atoms with Gasteiger partial charge in [0.1, 0.15) is 5.76 Å². The van der Waals surface area contributed by atoms with Crippen LogP contribution in [0, 0.1) is 0 Å². The van der Waals surface area contributed by atoms with Crippen LogP contribution in [0.5, 0.6) is 11.5 Å². The van der Waals surface area contributed by atoms with Gasteiger partial charge in [-0.1, -0.05) is 0 Å². The lowest BCUT2D eigenvalue weighted by Gasteiger charge is -2.29. The molecule has 0 spiro atoms. The second-order valence-electron chi connectivity index (χ2n) is 6.17. The molecular formula is C18H16F3N3O6. The molecule has 1 atom stereocenters. The van der Waals surface area contributed by atoms with E-state index in [9.17, 15) is 27.6 Å². The highest BCUT2D eigenvalue weighted by Gasteiger charge is 2.68. The third-order valence-corrected chi connectivity index (χ3v) is 4.37. The van der Waals surface area contributed by atoms with E-state index >= 15 is 0 Å². The van der Waals surface area contributed by atoms with Crippen LogP contribution in [0.25, 0.3) is 0 Å². The van der Waals surface area contributed by atoms with E-state index in [1.54, 1.807) is 10.6 Å². The normalized spacial score (nSPS) is 18.9. The number of alkyl halides is 3. The molecule has 2 N–H and O–H groups in total. The summed E-state index contributed by atoms with van der Waals surface area (Å²) < 4.78 is 56.7. The molecule has 2 heterocycles. The van der Waals surface area contributed by atoms with Crippen LogP contribution >= 0.6 is 0 Å². The minimum atomic E-state index is -5.33. The van der Waals surface area contributed by atoms with E-state index < -0.39 is 36.2 Å². The van der Waals surface area contributed by atoms with Crippen molar-refractivity contribution in [1.82, 2.24) is 15.5 Å². The van der Waals surface area contributed by atoms with Gasteiger partial charge in [0.05, 0.1) is 27.0 Å². The van der Waals surface area contributed by atoms with Crippen molar-refractivity contribution in [2.45, 2.75) is 18.4 Å². The Labute approximate surface area is 167 Å². The van der Waals surface area contributed by atoms with Crippen molar-refractivity contribution in [3.05, 3.63) is 47.9 Å². The first-order valence-corrected chi connectivity index (χ1v) is 8.40. The summed E-state index contributed by atoms with van der Waals surface area (Å²) in [6.07, 6.45) is -4.09. The Hall–Kier alpha value is -3.70. The van der Waals surface area contributed by atoms with Crippen molar-refractivity contribution in [3.8, 4) is 11.5 Å². The number of imide groups is 1. The lowest BCUT2D eigenvalue weighted by atomic mass is 10.1. The average molecular weight is 427 g/mol. The summed E-state index contributed by atoms with van der Waals surface area (Å²) in [7, 11) is 2.63. The van der Waals surface area contributed by atoms with Crippen LogP contribution in [0.1, 0.15) is 16.1 Å². The second-order valence-corrected chi connectivity index (χ2v) is 6.17. The number of rotatable bonds is 6. The Morgan fingerprint density at radius 1 is 1.20 bits per heavy atom. The number of hydrogen-bond acceptors (Lipinski definition) is 6. The maximum absolute atomic E-state index is 13.9. The Morgan fingerprint density at radius 2 is 1.90 bits per heavy atom. The van der Waals surface area contributed by atoms with E-state index in [-0.39, 0.29) is 22.8 Å². The largest absolute Gasteiger partial charge is 0.493 e. The van der Waals surface area contributed by atoms with Crippen molar-refractivity contribution < 1.29 is 41.4 Å². The predicted molar refractivity (Wildman–Crippen MR) is 93.6 cm³/mol. The minimum absolute atomic E-state index is 0.0858. The molecule has 12 heteroatoms. The van der Waals surface area contributed by atoms with Gasteiger partial charge in [0.25, 0.3) is 17.5 Å². The standard InChI is InChI=1S/C18H16F3N3O6/c1-28-12-6-5-10(8-13(12)29-2)14(25)22-17(18(19,20)21)15(26)24(16(27)23-17)9-11-4-3-7-30-11/h3-8H,9H2,1-2H3,(H,22,25)(H,23,27). The molecule has 1 aliphatic rings. The molecule has 30 heavy (non-hydrogen) atoms. The maximum atomic E-state index is 13.9. The summed E-state index contributed by atoms with van der Waals surface area (Å²) in [5.74, 6) is -2.53. The summed E-state index contributed by atoms with van der Waals surface area (Å²) in [5, 5.41) is 3.17. The van der Waals surface area contributed by atoms with Crippen LogP contribution in [0.2, 0.25) is 0 Å². The number of ether oxygens (including phenoxy) is 2. The fourth-order valence-electron chi connectivity index (χ4n) is 2.85. The molecule has 1 saturated heterocycles. The van der Waals surface area contributed by atoms with Gasteiger partial charge in [-0.2, -0.15) is 13.2 Å². The van der Waals surface area contributed by atoms with E-state index in [0.29, 0.717) is 4.90 Å². The van der Waals surface area contributed by atoms with Crippen molar-refractivity contribution in [2.24, 2.45) is 0 Å². The second kappa shape index (κ2) is 7.61. The third kappa shape index (κ3) is 3.51. The van der Waals surface area contributed by atoms with Gasteiger partial charge in [-0.3, -0.25) is 19.8 Å². The quantitative estimate of drug-likeness (QED) is 0.683. The molecule has 1 aliphatic heterocycles. The molecule has 4 amide bonds. The molecular weight excluding hydrogens is 411 g/mol. The van der Waals surface area contributed by atoms with Gasteiger partial charge in [0.15, 0.2) is 11.5 Å². The molecule has 0 aliphatic carbocycles. The summed E-state index contributed by atoms with van der Waals surface area (Å²) in [4.78, 5) is 37.6. The van der Waals surface area contributed by atoms with Crippen molar-refractivity contribution in [3.63, 3.8) is 0 Å². The number of furan rings is 1. The van der Waals surface area contributed by atoms with Crippen LogP contribution in [0.4, 0.5) is 18.0 Å². The third-order valence-electron chi connectivity index (χ3n) is 4.37. The zero-order chi connectivity index (χ0) is 22.1. The van der Waals surface area contributed by atoms with Crippen molar-refractivity contribution >= 4 is 17.8 Å². The highest BCUT2D eigenvalue weighted by Crippen LogP contribution is 2.35. The monoisotopic (exact) mass is 427 g/mol. The van der Waals surface area contributed by atoms with Crippen LogP contribution < -0.4 is 20.1 Å². The number of carbonyl (C=O) groups excluding carboxylic acids is 3.